The molecule has 180 valence electrons. The van der Waals surface area contributed by atoms with Crippen molar-refractivity contribution in [1.29, 1.82) is 0 Å². The van der Waals surface area contributed by atoms with E-state index < -0.39 is 59.4 Å². The molecule has 0 radical (unpaired) electrons. The number of rotatable bonds is 4. The van der Waals surface area contributed by atoms with Gasteiger partial charge in [0.1, 0.15) is 40.8 Å². The van der Waals surface area contributed by atoms with Crippen LogP contribution in [0.2, 0.25) is 0 Å². The summed E-state index contributed by atoms with van der Waals surface area (Å²) in [4.78, 5) is 24.4. The highest BCUT2D eigenvalue weighted by Gasteiger charge is 2.48. The summed E-state index contributed by atoms with van der Waals surface area (Å²) in [6.07, 6.45) is -9.09. The fourth-order valence-electron chi connectivity index (χ4n) is 3.51. The van der Waals surface area contributed by atoms with Crippen molar-refractivity contribution in [2.75, 3.05) is 7.11 Å². The molecule has 12 heteroatoms. The molecule has 34 heavy (non-hydrogen) atoms. The molecule has 1 saturated heterocycles. The van der Waals surface area contributed by atoms with Gasteiger partial charge in [-0.2, -0.15) is 0 Å². The van der Waals surface area contributed by atoms with Crippen LogP contribution < -0.4 is 10.2 Å². The number of ether oxygens (including phenoxy) is 3. The van der Waals surface area contributed by atoms with Crippen molar-refractivity contribution in [3.05, 3.63) is 46.6 Å². The molecule has 0 bridgehead atoms. The van der Waals surface area contributed by atoms with Crippen molar-refractivity contribution in [1.82, 2.24) is 0 Å². The second kappa shape index (κ2) is 8.83. The monoisotopic (exact) mass is 476 g/mol. The summed E-state index contributed by atoms with van der Waals surface area (Å²) in [5.41, 5.74) is -0.478. The van der Waals surface area contributed by atoms with Crippen LogP contribution in [0.1, 0.15) is 0 Å². The van der Waals surface area contributed by atoms with Gasteiger partial charge in [0.25, 0.3) is 0 Å². The highest BCUT2D eigenvalue weighted by Crippen LogP contribution is 2.42. The zero-order chi connectivity index (χ0) is 24.7. The summed E-state index contributed by atoms with van der Waals surface area (Å²) in [5.74, 6) is -3.29. The smallest absolute Gasteiger partial charge is 0.337 e. The maximum atomic E-state index is 12.6. The normalized spacial score (nSPS) is 24.6. The van der Waals surface area contributed by atoms with Gasteiger partial charge in [0.15, 0.2) is 23.0 Å². The van der Waals surface area contributed by atoms with E-state index in [2.05, 4.69) is 4.74 Å². The van der Waals surface area contributed by atoms with E-state index in [4.69, 9.17) is 13.9 Å². The first-order valence-electron chi connectivity index (χ1n) is 9.88. The number of hydrogen-bond acceptors (Lipinski definition) is 12. The maximum Gasteiger partial charge on any atom is 0.337 e. The summed E-state index contributed by atoms with van der Waals surface area (Å²) in [7, 11) is 1.02. The molecule has 1 aliphatic rings. The molecular weight excluding hydrogens is 456 g/mol. The molecule has 4 rings (SSSR count). The number of phenols is 3. The van der Waals surface area contributed by atoms with Crippen LogP contribution in [0.3, 0.4) is 0 Å². The molecular formula is C22H20O12. The molecule has 5 atom stereocenters. The van der Waals surface area contributed by atoms with Gasteiger partial charge in [-0.05, 0) is 24.3 Å². The molecule has 5 unspecified atom stereocenters. The van der Waals surface area contributed by atoms with Crippen LogP contribution in [0.15, 0.2) is 45.6 Å². The van der Waals surface area contributed by atoms with Crippen molar-refractivity contribution in [2.24, 2.45) is 0 Å². The zero-order valence-electron chi connectivity index (χ0n) is 17.5. The van der Waals surface area contributed by atoms with Crippen LogP contribution in [0.5, 0.6) is 23.0 Å². The SMILES string of the molecule is COC(=O)C1OC(Oc2cc3oc(-c4ccc(O)cc4)cc(=O)c3c(O)c2O)C(O)C(O)C1O. The lowest BCUT2D eigenvalue weighted by Gasteiger charge is -2.38. The molecule has 6 N–H and O–H groups in total. The molecule has 2 heterocycles. The summed E-state index contributed by atoms with van der Waals surface area (Å²) in [6, 6.07) is 7.85. The lowest BCUT2D eigenvalue weighted by molar-refractivity contribution is -0.272. The van der Waals surface area contributed by atoms with Crippen LogP contribution in [-0.2, 0) is 14.3 Å². The first-order chi connectivity index (χ1) is 16.1. The fraction of sp³-hybridized carbons (Fsp3) is 0.273. The minimum atomic E-state index is -1.88. The number of fused-ring (bicyclic) bond motifs is 1. The highest BCUT2D eigenvalue weighted by atomic mass is 16.7. The van der Waals surface area contributed by atoms with Gasteiger partial charge in [-0.25, -0.2) is 4.79 Å². The van der Waals surface area contributed by atoms with E-state index in [1.165, 1.54) is 24.3 Å². The Bertz CT molecular complexity index is 1280. The van der Waals surface area contributed by atoms with Crippen LogP contribution >= 0.6 is 0 Å². The summed E-state index contributed by atoms with van der Waals surface area (Å²) in [6.45, 7) is 0. The van der Waals surface area contributed by atoms with E-state index in [0.717, 1.165) is 19.2 Å². The Kier molecular flexibility index (Phi) is 6.06. The Morgan fingerprint density at radius 1 is 0.941 bits per heavy atom. The summed E-state index contributed by atoms with van der Waals surface area (Å²) >= 11 is 0. The van der Waals surface area contributed by atoms with Gasteiger partial charge < -0.3 is 49.3 Å². The van der Waals surface area contributed by atoms with Gasteiger partial charge in [-0.3, -0.25) is 4.79 Å². The van der Waals surface area contributed by atoms with E-state index in [1.807, 2.05) is 0 Å². The Morgan fingerprint density at radius 2 is 1.62 bits per heavy atom. The van der Waals surface area contributed by atoms with E-state index in [-0.39, 0.29) is 22.5 Å². The molecule has 3 aromatic rings. The van der Waals surface area contributed by atoms with Crippen LogP contribution in [0.4, 0.5) is 0 Å². The van der Waals surface area contributed by atoms with E-state index in [0.29, 0.717) is 5.56 Å². The second-order valence-corrected chi connectivity index (χ2v) is 7.50. The Balaban J connectivity index is 1.75. The predicted octanol–water partition coefficient (Wildman–Crippen LogP) is -0.0638. The third-order valence-corrected chi connectivity index (χ3v) is 5.33. The lowest BCUT2D eigenvalue weighted by atomic mass is 9.99. The highest BCUT2D eigenvalue weighted by molar-refractivity contribution is 5.89. The van der Waals surface area contributed by atoms with Gasteiger partial charge in [0.2, 0.25) is 12.0 Å². The van der Waals surface area contributed by atoms with E-state index in [9.17, 15) is 40.2 Å². The van der Waals surface area contributed by atoms with Crippen LogP contribution in [0, 0.1) is 0 Å². The first-order valence-corrected chi connectivity index (χ1v) is 9.88. The standard InChI is InChI=1S/C22H20O12/c1-31-21(30)20-18(28)17(27)19(29)22(34-20)33-13-7-12-14(16(26)15(13)25)10(24)6-11(32-12)8-2-4-9(23)5-3-8/h2-7,17-20,22-23,25-29H,1H3. The fourth-order valence-corrected chi connectivity index (χ4v) is 3.51. The van der Waals surface area contributed by atoms with Crippen LogP contribution in [0.25, 0.3) is 22.3 Å². The van der Waals surface area contributed by atoms with Crippen molar-refractivity contribution >= 4 is 16.9 Å². The molecule has 1 fully saturated rings. The van der Waals surface area contributed by atoms with Crippen molar-refractivity contribution < 1.29 is 54.1 Å². The minimum Gasteiger partial charge on any atom is -0.508 e. The van der Waals surface area contributed by atoms with E-state index >= 15 is 0 Å². The van der Waals surface area contributed by atoms with Crippen molar-refractivity contribution in [3.63, 3.8) is 0 Å². The zero-order valence-corrected chi connectivity index (χ0v) is 17.5. The van der Waals surface area contributed by atoms with Crippen molar-refractivity contribution in [2.45, 2.75) is 30.7 Å². The molecule has 0 spiro atoms. The summed E-state index contributed by atoms with van der Waals surface area (Å²) in [5, 5.41) is 60.1. The number of carbonyl (C=O) groups is 1. The molecule has 12 nitrogen and oxygen atoms in total. The number of benzene rings is 2. The second-order valence-electron chi connectivity index (χ2n) is 7.50. The Hall–Kier alpha value is -3.84. The predicted molar refractivity (Wildman–Crippen MR) is 112 cm³/mol. The topological polar surface area (TPSA) is 196 Å². The average Bonchev–Trinajstić information content (AvgIpc) is 2.82. The number of aromatic hydroxyl groups is 3. The van der Waals surface area contributed by atoms with Crippen LogP contribution in [-0.4, -0.2) is 74.4 Å². The molecule has 0 saturated carbocycles. The molecule has 0 amide bonds. The largest absolute Gasteiger partial charge is 0.508 e. The van der Waals surface area contributed by atoms with Gasteiger partial charge in [-0.1, -0.05) is 0 Å². The number of hydrogen-bond donors (Lipinski definition) is 6. The van der Waals surface area contributed by atoms with Gasteiger partial charge in [-0.15, -0.1) is 0 Å². The number of carbonyl (C=O) groups excluding carboxylic acids is 1. The third kappa shape index (κ3) is 3.99. The van der Waals surface area contributed by atoms with Gasteiger partial charge in [0.05, 0.1) is 7.11 Å². The number of methoxy groups -OCH3 is 1. The summed E-state index contributed by atoms with van der Waals surface area (Å²) < 4.78 is 20.8. The Morgan fingerprint density at radius 3 is 2.26 bits per heavy atom. The Labute approximate surface area is 190 Å². The van der Waals surface area contributed by atoms with Gasteiger partial charge in [0, 0.05) is 17.7 Å². The quantitative estimate of drug-likeness (QED) is 0.217. The number of aliphatic hydroxyl groups excluding tert-OH is 3. The van der Waals surface area contributed by atoms with Crippen molar-refractivity contribution in [3.8, 4) is 34.3 Å². The lowest BCUT2D eigenvalue weighted by Crippen LogP contribution is -2.61. The number of phenolic OH excluding ortho intramolecular Hbond substituents is 3. The van der Waals surface area contributed by atoms with Gasteiger partial charge >= 0.3 is 5.97 Å². The minimum absolute atomic E-state index is 0.00579. The molecule has 1 aromatic heterocycles. The first kappa shape index (κ1) is 23.3. The molecule has 2 aromatic carbocycles. The number of aliphatic hydroxyl groups is 3. The average molecular weight is 476 g/mol. The third-order valence-electron chi connectivity index (χ3n) is 5.33. The maximum absolute atomic E-state index is 12.6. The molecule has 1 aliphatic heterocycles. The van der Waals surface area contributed by atoms with E-state index in [1.54, 1.807) is 0 Å². The molecule has 0 aliphatic carbocycles. The number of esters is 1.